The van der Waals surface area contributed by atoms with Gasteiger partial charge in [-0.1, -0.05) is 6.92 Å². The summed E-state index contributed by atoms with van der Waals surface area (Å²) < 4.78 is 44.9. The number of ether oxygens (including phenoxy) is 3. The number of aromatic hydroxyl groups is 1. The summed E-state index contributed by atoms with van der Waals surface area (Å²) in [6.45, 7) is 6.63. The molecule has 1 fully saturated rings. The van der Waals surface area contributed by atoms with E-state index in [4.69, 9.17) is 14.2 Å². The summed E-state index contributed by atoms with van der Waals surface area (Å²) in [7, 11) is 0. The Balaban J connectivity index is 1.65. The number of likely N-dealkylation sites (tertiary alicyclic amines) is 1. The molecular weight excluding hydrogens is 436 g/mol. The van der Waals surface area contributed by atoms with Gasteiger partial charge in [0.15, 0.2) is 29.0 Å². The van der Waals surface area contributed by atoms with Gasteiger partial charge in [0.25, 0.3) is 0 Å². The van der Waals surface area contributed by atoms with E-state index in [1.54, 1.807) is 18.7 Å². The van der Waals surface area contributed by atoms with Gasteiger partial charge in [0.1, 0.15) is 6.10 Å². The first kappa shape index (κ1) is 24.3. The van der Waals surface area contributed by atoms with Crippen molar-refractivity contribution in [2.24, 2.45) is 0 Å². The lowest BCUT2D eigenvalue weighted by atomic mass is 10.1. The first-order valence-corrected chi connectivity index (χ1v) is 11.0. The van der Waals surface area contributed by atoms with Crippen LogP contribution in [0.2, 0.25) is 0 Å². The predicted octanol–water partition coefficient (Wildman–Crippen LogP) is 4.99. The number of pyridine rings is 1. The SMILES string of the molecule is CCCOc1cc(F)c(Nc2nccc(OC3CCN(C(=O)OC(C)C)CC3)c2O)cc1F. The van der Waals surface area contributed by atoms with Crippen LogP contribution in [0.3, 0.4) is 0 Å². The second-order valence-electron chi connectivity index (χ2n) is 7.98. The maximum atomic E-state index is 14.4. The van der Waals surface area contributed by atoms with Gasteiger partial charge in [-0.25, -0.2) is 18.6 Å². The summed E-state index contributed by atoms with van der Waals surface area (Å²) in [4.78, 5) is 17.6. The zero-order valence-electron chi connectivity index (χ0n) is 18.9. The largest absolute Gasteiger partial charge is 0.502 e. The number of halogens is 2. The number of nitrogens with one attached hydrogen (secondary N) is 1. The lowest BCUT2D eigenvalue weighted by Crippen LogP contribution is -2.42. The quantitative estimate of drug-likeness (QED) is 0.568. The van der Waals surface area contributed by atoms with E-state index in [0.717, 1.165) is 12.1 Å². The first-order chi connectivity index (χ1) is 15.8. The average molecular weight is 465 g/mol. The minimum Gasteiger partial charge on any atom is -0.502 e. The van der Waals surface area contributed by atoms with E-state index in [-0.39, 0.29) is 53.7 Å². The van der Waals surface area contributed by atoms with Gasteiger partial charge in [0.2, 0.25) is 5.75 Å². The van der Waals surface area contributed by atoms with Crippen LogP contribution in [0.4, 0.5) is 25.1 Å². The molecule has 33 heavy (non-hydrogen) atoms. The molecule has 3 rings (SSSR count). The summed E-state index contributed by atoms with van der Waals surface area (Å²) in [5, 5.41) is 13.2. The number of benzene rings is 1. The molecule has 2 N–H and O–H groups in total. The van der Waals surface area contributed by atoms with Gasteiger partial charge in [-0.05, 0) is 20.3 Å². The third kappa shape index (κ3) is 6.36. The molecule has 0 aliphatic carbocycles. The molecule has 0 bridgehead atoms. The molecule has 1 aromatic heterocycles. The Morgan fingerprint density at radius 1 is 1.24 bits per heavy atom. The number of rotatable bonds is 8. The highest BCUT2D eigenvalue weighted by molar-refractivity contribution is 5.68. The molecule has 8 nitrogen and oxygen atoms in total. The van der Waals surface area contributed by atoms with Gasteiger partial charge in [-0.15, -0.1) is 0 Å². The van der Waals surface area contributed by atoms with Crippen LogP contribution in [0.1, 0.15) is 40.0 Å². The molecule has 2 aromatic rings. The fourth-order valence-electron chi connectivity index (χ4n) is 3.31. The van der Waals surface area contributed by atoms with Gasteiger partial charge in [0, 0.05) is 50.3 Å². The summed E-state index contributed by atoms with van der Waals surface area (Å²) in [6.07, 6.45) is 2.37. The Morgan fingerprint density at radius 2 is 1.97 bits per heavy atom. The van der Waals surface area contributed by atoms with Crippen LogP contribution >= 0.6 is 0 Å². The van der Waals surface area contributed by atoms with E-state index < -0.39 is 11.6 Å². The number of anilines is 2. The number of aromatic nitrogens is 1. The fraction of sp³-hybridized carbons (Fsp3) is 0.478. The fourth-order valence-corrected chi connectivity index (χ4v) is 3.31. The highest BCUT2D eigenvalue weighted by Gasteiger charge is 2.26. The zero-order valence-corrected chi connectivity index (χ0v) is 18.9. The van der Waals surface area contributed by atoms with Gasteiger partial charge in [-0.3, -0.25) is 0 Å². The lowest BCUT2D eigenvalue weighted by Gasteiger charge is -2.32. The molecule has 1 aromatic carbocycles. The standard InChI is InChI=1S/C23H29F2N3O5/c1-4-11-31-20-13-16(24)18(12-17(20)25)27-22-21(29)19(5-8-26-22)33-15-6-9-28(10-7-15)23(30)32-14(2)3/h5,8,12-15,29H,4,6-7,9-11H2,1-3H3,(H,26,27). The molecule has 1 aliphatic rings. The van der Waals surface area contributed by atoms with Gasteiger partial charge in [0.05, 0.1) is 18.4 Å². The molecule has 0 atom stereocenters. The summed E-state index contributed by atoms with van der Waals surface area (Å²) in [6, 6.07) is 3.38. The van der Waals surface area contributed by atoms with Gasteiger partial charge in [-0.2, -0.15) is 0 Å². The van der Waals surface area contributed by atoms with Crippen molar-refractivity contribution in [3.63, 3.8) is 0 Å². The summed E-state index contributed by atoms with van der Waals surface area (Å²) >= 11 is 0. The van der Waals surface area contributed by atoms with Crippen molar-refractivity contribution in [1.82, 2.24) is 9.88 Å². The Labute approximate surface area is 191 Å². The lowest BCUT2D eigenvalue weighted by molar-refractivity contribution is 0.0511. The molecule has 0 unspecified atom stereocenters. The molecule has 0 saturated carbocycles. The Morgan fingerprint density at radius 3 is 2.64 bits per heavy atom. The molecular formula is C23H29F2N3O5. The van der Waals surface area contributed by atoms with Crippen LogP contribution in [0.5, 0.6) is 17.2 Å². The van der Waals surface area contributed by atoms with Crippen molar-refractivity contribution in [3.05, 3.63) is 36.0 Å². The number of hydrogen-bond donors (Lipinski definition) is 2. The molecule has 0 radical (unpaired) electrons. The number of piperidine rings is 1. The molecule has 2 heterocycles. The summed E-state index contributed by atoms with van der Waals surface area (Å²) in [5.74, 6) is -1.92. The van der Waals surface area contributed by atoms with Crippen molar-refractivity contribution in [2.45, 2.75) is 52.2 Å². The highest BCUT2D eigenvalue weighted by atomic mass is 19.1. The molecule has 1 aliphatic heterocycles. The Hall–Kier alpha value is -3.30. The zero-order chi connectivity index (χ0) is 24.0. The van der Waals surface area contributed by atoms with Crippen LogP contribution in [0.15, 0.2) is 24.4 Å². The van der Waals surface area contributed by atoms with Crippen LogP contribution < -0.4 is 14.8 Å². The van der Waals surface area contributed by atoms with E-state index in [1.807, 2.05) is 6.92 Å². The van der Waals surface area contributed by atoms with Crippen molar-refractivity contribution in [3.8, 4) is 17.2 Å². The minimum atomic E-state index is -0.754. The maximum absolute atomic E-state index is 14.4. The van der Waals surface area contributed by atoms with Crippen LogP contribution in [-0.4, -0.2) is 53.0 Å². The first-order valence-electron chi connectivity index (χ1n) is 11.0. The van der Waals surface area contributed by atoms with Crippen LogP contribution in [-0.2, 0) is 4.74 Å². The number of amides is 1. The van der Waals surface area contributed by atoms with Gasteiger partial charge >= 0.3 is 6.09 Å². The topological polar surface area (TPSA) is 93.2 Å². The van der Waals surface area contributed by atoms with Crippen molar-refractivity contribution >= 4 is 17.6 Å². The number of carbonyl (C=O) groups is 1. The van der Waals surface area contributed by atoms with Crippen molar-refractivity contribution < 1.29 is 32.9 Å². The molecule has 1 amide bonds. The molecule has 1 saturated heterocycles. The second kappa shape index (κ2) is 11.0. The molecule has 0 spiro atoms. The normalized spacial score (nSPS) is 14.3. The molecule has 10 heteroatoms. The maximum Gasteiger partial charge on any atom is 0.410 e. The van der Waals surface area contributed by atoms with Crippen molar-refractivity contribution in [1.29, 1.82) is 0 Å². The Bertz CT molecular complexity index is 965. The summed E-state index contributed by atoms with van der Waals surface area (Å²) in [5.41, 5.74) is -0.201. The smallest absolute Gasteiger partial charge is 0.410 e. The van der Waals surface area contributed by atoms with E-state index in [2.05, 4.69) is 10.3 Å². The van der Waals surface area contributed by atoms with E-state index in [9.17, 15) is 18.7 Å². The number of hydrogen-bond acceptors (Lipinski definition) is 7. The minimum absolute atomic E-state index is 0.0778. The van der Waals surface area contributed by atoms with Crippen LogP contribution in [0, 0.1) is 11.6 Å². The predicted molar refractivity (Wildman–Crippen MR) is 118 cm³/mol. The monoisotopic (exact) mass is 465 g/mol. The van der Waals surface area contributed by atoms with E-state index >= 15 is 0 Å². The van der Waals surface area contributed by atoms with Crippen molar-refractivity contribution in [2.75, 3.05) is 25.0 Å². The molecule has 180 valence electrons. The third-order valence-corrected chi connectivity index (χ3v) is 4.95. The average Bonchev–Trinajstić information content (AvgIpc) is 2.77. The number of nitrogens with zero attached hydrogens (tertiary/aromatic N) is 2. The second-order valence-corrected chi connectivity index (χ2v) is 7.98. The van der Waals surface area contributed by atoms with E-state index in [0.29, 0.717) is 32.4 Å². The highest BCUT2D eigenvalue weighted by Crippen LogP contribution is 2.36. The van der Waals surface area contributed by atoms with E-state index in [1.165, 1.54) is 12.3 Å². The Kier molecular flexibility index (Phi) is 8.13. The van der Waals surface area contributed by atoms with Crippen LogP contribution in [0.25, 0.3) is 0 Å². The number of carbonyl (C=O) groups excluding carboxylic acids is 1. The third-order valence-electron chi connectivity index (χ3n) is 4.95. The van der Waals surface area contributed by atoms with Gasteiger partial charge < -0.3 is 29.5 Å².